The minimum atomic E-state index is -0.306. The largest absolute Gasteiger partial charge is 0.389 e. The van der Waals surface area contributed by atoms with E-state index in [1.165, 1.54) is 5.57 Å². The molecule has 25 heavy (non-hydrogen) atoms. The van der Waals surface area contributed by atoms with Gasteiger partial charge in [-0.05, 0) is 79.1 Å². The monoisotopic (exact) mass is 344 g/mol. The maximum atomic E-state index is 12.4. The second kappa shape index (κ2) is 5.52. The van der Waals surface area contributed by atoms with Gasteiger partial charge in [0, 0.05) is 12.3 Å². The second-order valence-corrected chi connectivity index (χ2v) is 9.96. The lowest BCUT2D eigenvalue weighted by Gasteiger charge is -2.63. The van der Waals surface area contributed by atoms with Crippen LogP contribution in [0.15, 0.2) is 11.6 Å². The van der Waals surface area contributed by atoms with Crippen molar-refractivity contribution in [3.63, 3.8) is 0 Å². The van der Waals surface area contributed by atoms with E-state index in [1.807, 2.05) is 6.08 Å². The molecule has 0 aliphatic heterocycles. The van der Waals surface area contributed by atoms with Crippen molar-refractivity contribution in [3.8, 4) is 0 Å². The number of aliphatic hydroxyl groups excluding tert-OH is 1. The first-order valence-corrected chi connectivity index (χ1v) is 10.1. The van der Waals surface area contributed by atoms with Crippen LogP contribution < -0.4 is 0 Å². The number of carbonyl (C=O) groups is 2. The van der Waals surface area contributed by atoms with Crippen molar-refractivity contribution in [1.82, 2.24) is 0 Å². The maximum Gasteiger partial charge on any atom is 0.161 e. The number of Topliss-reactive ketones (excluding diaryl/α,β-unsaturated/α-hetero) is 1. The molecular formula is C22H32O3. The average molecular weight is 344 g/mol. The molecule has 0 spiro atoms. The van der Waals surface area contributed by atoms with Crippen LogP contribution in [0.4, 0.5) is 0 Å². The van der Waals surface area contributed by atoms with E-state index >= 15 is 0 Å². The fraction of sp³-hybridized carbons (Fsp3) is 0.818. The molecule has 3 saturated carbocycles. The predicted molar refractivity (Wildman–Crippen MR) is 96.9 cm³/mol. The van der Waals surface area contributed by atoms with Crippen LogP contribution in [-0.4, -0.2) is 23.3 Å². The third kappa shape index (κ3) is 2.20. The minimum absolute atomic E-state index is 0.0398. The smallest absolute Gasteiger partial charge is 0.161 e. The molecule has 0 radical (unpaired) electrons. The first-order valence-electron chi connectivity index (χ1n) is 10.1. The standard InChI is InChI=1S/C22H32O3/c1-20-10-7-15(24)12-14(20)6-9-22(3)18-5-4-16(17(25)13-23)21(18,2)11-8-19(20)22/h12,16,18-19,23H,4-11,13H2,1-3H3/t16-,18-,19-,20+,21-,22+/m0/s1. The Kier molecular flexibility index (Phi) is 3.85. The Balaban J connectivity index is 1.71. The lowest BCUT2D eigenvalue weighted by atomic mass is 9.41. The zero-order chi connectivity index (χ0) is 18.0. The zero-order valence-corrected chi connectivity index (χ0v) is 15.9. The second-order valence-electron chi connectivity index (χ2n) is 9.96. The molecule has 6 atom stereocenters. The molecule has 138 valence electrons. The Hall–Kier alpha value is -0.960. The zero-order valence-electron chi connectivity index (χ0n) is 15.9. The van der Waals surface area contributed by atoms with Gasteiger partial charge in [0.1, 0.15) is 6.61 Å². The van der Waals surface area contributed by atoms with E-state index in [9.17, 15) is 14.7 Å². The molecule has 0 aromatic rings. The highest BCUT2D eigenvalue weighted by atomic mass is 16.3. The number of hydrogen-bond acceptors (Lipinski definition) is 3. The summed E-state index contributed by atoms with van der Waals surface area (Å²) in [6, 6.07) is 0. The van der Waals surface area contributed by atoms with Crippen molar-refractivity contribution in [2.45, 2.75) is 72.1 Å². The summed E-state index contributed by atoms with van der Waals surface area (Å²) in [4.78, 5) is 24.3. The van der Waals surface area contributed by atoms with Crippen molar-refractivity contribution in [2.24, 2.45) is 34.0 Å². The van der Waals surface area contributed by atoms with E-state index in [0.29, 0.717) is 24.0 Å². The van der Waals surface area contributed by atoms with Gasteiger partial charge in [-0.1, -0.05) is 26.3 Å². The highest BCUT2D eigenvalue weighted by Crippen LogP contribution is 2.71. The molecule has 0 amide bonds. The van der Waals surface area contributed by atoms with E-state index in [-0.39, 0.29) is 34.6 Å². The van der Waals surface area contributed by atoms with Gasteiger partial charge >= 0.3 is 0 Å². The molecule has 4 aliphatic rings. The molecule has 0 aromatic carbocycles. The van der Waals surface area contributed by atoms with Crippen LogP contribution in [0.2, 0.25) is 0 Å². The number of hydrogen-bond donors (Lipinski definition) is 1. The van der Waals surface area contributed by atoms with Crippen LogP contribution >= 0.6 is 0 Å². The summed E-state index contributed by atoms with van der Waals surface area (Å²) in [5.74, 6) is 1.59. The van der Waals surface area contributed by atoms with Crippen molar-refractivity contribution in [1.29, 1.82) is 0 Å². The molecule has 4 rings (SSSR count). The van der Waals surface area contributed by atoms with E-state index < -0.39 is 0 Å². The predicted octanol–water partition coefficient (Wildman–Crippen LogP) is 4.09. The quantitative estimate of drug-likeness (QED) is 0.821. The Morgan fingerprint density at radius 2 is 1.80 bits per heavy atom. The van der Waals surface area contributed by atoms with Gasteiger partial charge in [0.25, 0.3) is 0 Å². The Labute approximate surface area is 151 Å². The first kappa shape index (κ1) is 17.5. The van der Waals surface area contributed by atoms with Crippen molar-refractivity contribution < 1.29 is 14.7 Å². The number of rotatable bonds is 2. The third-order valence-corrected chi connectivity index (χ3v) is 9.11. The van der Waals surface area contributed by atoms with Crippen LogP contribution in [0.5, 0.6) is 0 Å². The van der Waals surface area contributed by atoms with Gasteiger partial charge in [0.2, 0.25) is 0 Å². The molecule has 0 saturated heterocycles. The van der Waals surface area contributed by atoms with Crippen LogP contribution in [0.25, 0.3) is 0 Å². The van der Waals surface area contributed by atoms with Gasteiger partial charge in [-0.15, -0.1) is 0 Å². The van der Waals surface area contributed by atoms with E-state index in [1.54, 1.807) is 0 Å². The fourth-order valence-electron chi connectivity index (χ4n) is 7.86. The molecule has 3 fully saturated rings. The number of allylic oxidation sites excluding steroid dienone is 1. The van der Waals surface area contributed by atoms with E-state index in [4.69, 9.17) is 0 Å². The summed E-state index contributed by atoms with van der Waals surface area (Å²) in [6.45, 7) is 6.90. The molecule has 3 nitrogen and oxygen atoms in total. The molecule has 0 aromatic heterocycles. The van der Waals surface area contributed by atoms with Crippen LogP contribution in [0, 0.1) is 34.0 Å². The summed E-state index contributed by atoms with van der Waals surface area (Å²) in [6.07, 6.45) is 10.2. The molecule has 4 aliphatic carbocycles. The molecule has 0 heterocycles. The van der Waals surface area contributed by atoms with Crippen LogP contribution in [0.1, 0.15) is 72.1 Å². The maximum absolute atomic E-state index is 12.4. The molecule has 1 N–H and O–H groups in total. The number of fused-ring (bicyclic) bond motifs is 5. The van der Waals surface area contributed by atoms with Crippen LogP contribution in [-0.2, 0) is 9.59 Å². The molecule has 3 heteroatoms. The Morgan fingerprint density at radius 1 is 1.04 bits per heavy atom. The van der Waals surface area contributed by atoms with Crippen LogP contribution in [0.3, 0.4) is 0 Å². The lowest BCUT2D eigenvalue weighted by molar-refractivity contribution is -0.142. The van der Waals surface area contributed by atoms with Gasteiger partial charge in [-0.3, -0.25) is 9.59 Å². The SMILES string of the molecule is C[C@]12CCC3=CC(=O)CC[C@@]3(C)[C@@H]1CC[C@]1(C)[C@@H]2CC[C@H]1C(=O)CO. The van der Waals surface area contributed by atoms with Gasteiger partial charge in [-0.25, -0.2) is 0 Å². The van der Waals surface area contributed by atoms with Gasteiger partial charge in [0.15, 0.2) is 11.6 Å². The minimum Gasteiger partial charge on any atom is -0.389 e. The van der Waals surface area contributed by atoms with Gasteiger partial charge in [0.05, 0.1) is 0 Å². The number of aliphatic hydroxyl groups is 1. The average Bonchev–Trinajstić information content (AvgIpc) is 2.93. The summed E-state index contributed by atoms with van der Waals surface area (Å²) in [5, 5.41) is 9.43. The summed E-state index contributed by atoms with van der Waals surface area (Å²) in [7, 11) is 0. The Morgan fingerprint density at radius 3 is 2.52 bits per heavy atom. The Bertz CT molecular complexity index is 650. The normalized spacial score (nSPS) is 49.0. The molecule has 0 unspecified atom stereocenters. The highest BCUT2D eigenvalue weighted by Gasteiger charge is 2.64. The summed E-state index contributed by atoms with van der Waals surface area (Å²) < 4.78 is 0. The number of ketones is 2. The topological polar surface area (TPSA) is 54.4 Å². The molecule has 0 bridgehead atoms. The lowest BCUT2D eigenvalue weighted by Crippen LogP contribution is -2.56. The first-order chi connectivity index (χ1) is 11.8. The van der Waals surface area contributed by atoms with E-state index in [0.717, 1.165) is 44.9 Å². The van der Waals surface area contributed by atoms with Crippen molar-refractivity contribution in [2.75, 3.05) is 6.61 Å². The number of carbonyl (C=O) groups excluding carboxylic acids is 2. The third-order valence-electron chi connectivity index (χ3n) is 9.11. The highest BCUT2D eigenvalue weighted by molar-refractivity contribution is 5.91. The van der Waals surface area contributed by atoms with Crippen molar-refractivity contribution in [3.05, 3.63) is 11.6 Å². The van der Waals surface area contributed by atoms with E-state index in [2.05, 4.69) is 20.8 Å². The van der Waals surface area contributed by atoms with Crippen molar-refractivity contribution >= 4 is 11.6 Å². The van der Waals surface area contributed by atoms with Gasteiger partial charge in [-0.2, -0.15) is 0 Å². The van der Waals surface area contributed by atoms with Gasteiger partial charge < -0.3 is 5.11 Å². The fourth-order valence-corrected chi connectivity index (χ4v) is 7.86. The summed E-state index contributed by atoms with van der Waals surface area (Å²) >= 11 is 0. The molecular weight excluding hydrogens is 312 g/mol. The summed E-state index contributed by atoms with van der Waals surface area (Å²) in [5.41, 5.74) is 1.87.